The maximum absolute atomic E-state index is 5.92. The van der Waals surface area contributed by atoms with Gasteiger partial charge < -0.3 is 10.1 Å². The van der Waals surface area contributed by atoms with Crippen LogP contribution in [0.2, 0.25) is 0 Å². The van der Waals surface area contributed by atoms with Gasteiger partial charge in [-0.2, -0.15) is 0 Å². The van der Waals surface area contributed by atoms with E-state index < -0.39 is 0 Å². The molecule has 1 aromatic heterocycles. The molecule has 0 aromatic carbocycles. The van der Waals surface area contributed by atoms with Gasteiger partial charge in [-0.25, -0.2) is 4.98 Å². The van der Waals surface area contributed by atoms with Crippen LogP contribution in [0.1, 0.15) is 31.7 Å². The second-order valence-corrected chi connectivity index (χ2v) is 7.01. The summed E-state index contributed by atoms with van der Waals surface area (Å²) < 4.78 is 5.92. The highest BCUT2D eigenvalue weighted by atomic mass is 32.1. The molecule has 3 atom stereocenters. The quantitative estimate of drug-likeness (QED) is 0.909. The molecule has 1 N–H and O–H groups in total. The number of thiazole rings is 1. The van der Waals surface area contributed by atoms with E-state index >= 15 is 0 Å². The van der Waals surface area contributed by atoms with E-state index in [4.69, 9.17) is 4.74 Å². The SMILES string of the molecule is CC1(C)C(NCCc2nccs2)C2CCCOC21. The van der Waals surface area contributed by atoms with Crippen molar-refractivity contribution < 1.29 is 4.74 Å². The van der Waals surface area contributed by atoms with Gasteiger partial charge in [-0.3, -0.25) is 0 Å². The van der Waals surface area contributed by atoms with E-state index in [-0.39, 0.29) is 5.41 Å². The molecule has 1 saturated carbocycles. The lowest BCUT2D eigenvalue weighted by Crippen LogP contribution is -2.69. The van der Waals surface area contributed by atoms with Gasteiger partial charge >= 0.3 is 0 Å². The number of rotatable bonds is 4. The van der Waals surface area contributed by atoms with E-state index in [2.05, 4.69) is 24.1 Å². The Hall–Kier alpha value is -0.450. The third kappa shape index (κ3) is 2.10. The number of ether oxygens (including phenoxy) is 1. The van der Waals surface area contributed by atoms with Crippen molar-refractivity contribution in [3.8, 4) is 0 Å². The number of nitrogens with one attached hydrogen (secondary N) is 1. The van der Waals surface area contributed by atoms with Gasteiger partial charge in [0.2, 0.25) is 0 Å². The summed E-state index contributed by atoms with van der Waals surface area (Å²) in [7, 11) is 0. The zero-order chi connectivity index (χ0) is 12.6. The Morgan fingerprint density at radius 2 is 2.44 bits per heavy atom. The second kappa shape index (κ2) is 4.91. The van der Waals surface area contributed by atoms with E-state index in [1.54, 1.807) is 11.3 Å². The van der Waals surface area contributed by atoms with Crippen molar-refractivity contribution in [3.05, 3.63) is 16.6 Å². The van der Waals surface area contributed by atoms with E-state index in [1.807, 2.05) is 11.6 Å². The fourth-order valence-corrected chi connectivity index (χ4v) is 4.27. The van der Waals surface area contributed by atoms with Gasteiger partial charge in [0.1, 0.15) is 0 Å². The Labute approximate surface area is 113 Å². The monoisotopic (exact) mass is 266 g/mol. The number of hydrogen-bond donors (Lipinski definition) is 1. The maximum atomic E-state index is 5.92. The average molecular weight is 266 g/mol. The average Bonchev–Trinajstić information content (AvgIpc) is 2.87. The van der Waals surface area contributed by atoms with Crippen molar-refractivity contribution in [1.29, 1.82) is 0 Å². The molecule has 2 aliphatic rings. The molecule has 3 rings (SSSR count). The first-order valence-electron chi connectivity index (χ1n) is 6.93. The van der Waals surface area contributed by atoms with Crippen LogP contribution in [-0.2, 0) is 11.2 Å². The smallest absolute Gasteiger partial charge is 0.0937 e. The molecule has 2 heterocycles. The van der Waals surface area contributed by atoms with Gasteiger partial charge in [-0.1, -0.05) is 13.8 Å². The number of aromatic nitrogens is 1. The van der Waals surface area contributed by atoms with Crippen molar-refractivity contribution in [2.45, 2.75) is 45.3 Å². The molecule has 0 bridgehead atoms. The summed E-state index contributed by atoms with van der Waals surface area (Å²) in [5, 5.41) is 7.02. The van der Waals surface area contributed by atoms with Crippen LogP contribution in [0.5, 0.6) is 0 Å². The van der Waals surface area contributed by atoms with Crippen LogP contribution in [0.15, 0.2) is 11.6 Å². The number of hydrogen-bond acceptors (Lipinski definition) is 4. The summed E-state index contributed by atoms with van der Waals surface area (Å²) >= 11 is 1.75. The molecule has 3 nitrogen and oxygen atoms in total. The van der Waals surface area contributed by atoms with Crippen LogP contribution in [0.3, 0.4) is 0 Å². The minimum Gasteiger partial charge on any atom is -0.377 e. The number of fused-ring (bicyclic) bond motifs is 1. The largest absolute Gasteiger partial charge is 0.377 e. The molecule has 1 aliphatic carbocycles. The van der Waals surface area contributed by atoms with Crippen LogP contribution < -0.4 is 5.32 Å². The lowest BCUT2D eigenvalue weighted by molar-refractivity contribution is -0.192. The van der Waals surface area contributed by atoms with E-state index in [0.29, 0.717) is 12.1 Å². The van der Waals surface area contributed by atoms with Crippen LogP contribution in [-0.4, -0.2) is 30.3 Å². The topological polar surface area (TPSA) is 34.2 Å². The predicted octanol–water partition coefficient (Wildman–Crippen LogP) is 2.48. The van der Waals surface area contributed by atoms with E-state index in [9.17, 15) is 0 Å². The van der Waals surface area contributed by atoms with Crippen molar-refractivity contribution in [2.75, 3.05) is 13.2 Å². The summed E-state index contributed by atoms with van der Waals surface area (Å²) in [6, 6.07) is 0.614. The Balaban J connectivity index is 1.53. The normalized spacial score (nSPS) is 33.8. The highest BCUT2D eigenvalue weighted by Crippen LogP contribution is 2.51. The first kappa shape index (κ1) is 12.6. The van der Waals surface area contributed by atoms with Crippen LogP contribution >= 0.6 is 11.3 Å². The Morgan fingerprint density at radius 3 is 3.22 bits per heavy atom. The minimum atomic E-state index is 0.286. The molecule has 18 heavy (non-hydrogen) atoms. The lowest BCUT2D eigenvalue weighted by atomic mass is 9.55. The minimum absolute atomic E-state index is 0.286. The maximum Gasteiger partial charge on any atom is 0.0937 e. The van der Waals surface area contributed by atoms with Crippen LogP contribution in [0, 0.1) is 11.3 Å². The molecular formula is C14H22N2OS. The molecule has 0 spiro atoms. The van der Waals surface area contributed by atoms with Gasteiger partial charge in [-0.15, -0.1) is 11.3 Å². The third-order valence-electron chi connectivity index (χ3n) is 4.52. The molecule has 0 radical (unpaired) electrons. The Kier molecular flexibility index (Phi) is 3.43. The number of nitrogens with zero attached hydrogens (tertiary/aromatic N) is 1. The van der Waals surface area contributed by atoms with Crippen molar-refractivity contribution in [1.82, 2.24) is 10.3 Å². The second-order valence-electron chi connectivity index (χ2n) is 6.03. The van der Waals surface area contributed by atoms with Gasteiger partial charge in [0.25, 0.3) is 0 Å². The first-order chi connectivity index (χ1) is 8.69. The van der Waals surface area contributed by atoms with Crippen molar-refractivity contribution in [2.24, 2.45) is 11.3 Å². The highest BCUT2D eigenvalue weighted by Gasteiger charge is 2.57. The molecule has 1 aromatic rings. The van der Waals surface area contributed by atoms with E-state index in [0.717, 1.165) is 25.5 Å². The van der Waals surface area contributed by atoms with Gasteiger partial charge in [0.05, 0.1) is 11.1 Å². The van der Waals surface area contributed by atoms with E-state index in [1.165, 1.54) is 17.8 Å². The summed E-state index contributed by atoms with van der Waals surface area (Å²) in [5.41, 5.74) is 0.286. The van der Waals surface area contributed by atoms with Crippen molar-refractivity contribution in [3.63, 3.8) is 0 Å². The van der Waals surface area contributed by atoms with Gasteiger partial charge in [0.15, 0.2) is 0 Å². The van der Waals surface area contributed by atoms with Gasteiger partial charge in [0, 0.05) is 48.5 Å². The molecule has 4 heteroatoms. The molecular weight excluding hydrogens is 244 g/mol. The summed E-state index contributed by atoms with van der Waals surface area (Å²) in [5.74, 6) is 0.727. The third-order valence-corrected chi connectivity index (χ3v) is 5.36. The molecule has 1 aliphatic heterocycles. The fraction of sp³-hybridized carbons (Fsp3) is 0.786. The first-order valence-corrected chi connectivity index (χ1v) is 7.81. The Morgan fingerprint density at radius 1 is 1.56 bits per heavy atom. The van der Waals surface area contributed by atoms with Gasteiger partial charge in [-0.05, 0) is 12.8 Å². The molecule has 100 valence electrons. The molecule has 3 unspecified atom stereocenters. The lowest BCUT2D eigenvalue weighted by Gasteiger charge is -2.60. The summed E-state index contributed by atoms with van der Waals surface area (Å²) in [6.45, 7) is 6.66. The van der Waals surface area contributed by atoms with Crippen LogP contribution in [0.25, 0.3) is 0 Å². The van der Waals surface area contributed by atoms with Crippen molar-refractivity contribution >= 4 is 11.3 Å². The predicted molar refractivity (Wildman–Crippen MR) is 73.9 cm³/mol. The Bertz CT molecular complexity index is 391. The molecule has 1 saturated heterocycles. The standard InChI is InChI=1S/C14H22N2OS/c1-14(2)12(10-4-3-8-17-13(10)14)16-6-5-11-15-7-9-18-11/h7,9-10,12-13,16H,3-6,8H2,1-2H3. The van der Waals surface area contributed by atoms with Crippen LogP contribution in [0.4, 0.5) is 0 Å². The summed E-state index contributed by atoms with van der Waals surface area (Å²) in [6.07, 6.45) is 5.95. The molecule has 2 fully saturated rings. The fourth-order valence-electron chi connectivity index (χ4n) is 3.65. The zero-order valence-corrected chi connectivity index (χ0v) is 12.0. The molecule has 0 amide bonds. The summed E-state index contributed by atoms with van der Waals surface area (Å²) in [4.78, 5) is 4.33. The zero-order valence-electron chi connectivity index (χ0n) is 11.2. The highest BCUT2D eigenvalue weighted by molar-refractivity contribution is 7.09.